The van der Waals surface area contributed by atoms with Crippen LogP contribution in [0.25, 0.3) is 10.9 Å². The Morgan fingerprint density at radius 3 is 2.57 bits per heavy atom. The van der Waals surface area contributed by atoms with Crippen LogP contribution in [0.2, 0.25) is 0 Å². The minimum absolute atomic E-state index is 0.0921. The number of aryl methyl sites for hydroxylation is 1. The first-order valence-corrected chi connectivity index (χ1v) is 10.0. The van der Waals surface area contributed by atoms with Crippen LogP contribution in [-0.4, -0.2) is 33.8 Å². The fourth-order valence-electron chi connectivity index (χ4n) is 3.19. The first-order chi connectivity index (χ1) is 14.5. The lowest BCUT2D eigenvalue weighted by Gasteiger charge is -2.15. The fourth-order valence-corrected chi connectivity index (χ4v) is 3.19. The van der Waals surface area contributed by atoms with Gasteiger partial charge in [0.1, 0.15) is 18.2 Å². The molecule has 0 bridgehead atoms. The quantitative estimate of drug-likeness (QED) is 0.512. The molecule has 0 amide bonds. The van der Waals surface area contributed by atoms with Crippen molar-refractivity contribution in [3.8, 4) is 5.75 Å². The maximum absolute atomic E-state index is 12.7. The average molecular weight is 410 g/mol. The standard InChI is InChI=1S/C23H26N2O5/c1-3-4-14-30-21(23(27)28)17-9-11-18(12-10-17)29-15-13-25-16(2)24-20-8-6-5-7-19(20)22(25)26/h5-12,21H,3-4,13-15H2,1-2H3,(H,27,28). The number of para-hydroxylation sites is 1. The Balaban J connectivity index is 1.64. The molecule has 0 radical (unpaired) electrons. The van der Waals surface area contributed by atoms with Gasteiger partial charge in [-0.05, 0) is 43.2 Å². The number of hydrogen-bond donors (Lipinski definition) is 1. The SMILES string of the molecule is CCCCOC(C(=O)O)c1ccc(OCCn2c(C)nc3ccccc3c2=O)cc1. The van der Waals surface area contributed by atoms with Crippen molar-refractivity contribution in [3.05, 3.63) is 70.3 Å². The molecule has 3 rings (SSSR count). The third kappa shape index (κ3) is 5.04. The molecule has 0 spiro atoms. The number of ether oxygens (including phenoxy) is 2. The van der Waals surface area contributed by atoms with Crippen LogP contribution in [0.1, 0.15) is 37.3 Å². The van der Waals surface area contributed by atoms with Crippen LogP contribution in [0.3, 0.4) is 0 Å². The summed E-state index contributed by atoms with van der Waals surface area (Å²) in [6, 6.07) is 14.1. The van der Waals surface area contributed by atoms with Crippen molar-refractivity contribution in [1.29, 1.82) is 0 Å². The number of nitrogens with zero attached hydrogens (tertiary/aromatic N) is 2. The van der Waals surface area contributed by atoms with Gasteiger partial charge in [-0.25, -0.2) is 9.78 Å². The van der Waals surface area contributed by atoms with E-state index < -0.39 is 12.1 Å². The van der Waals surface area contributed by atoms with Crippen LogP contribution < -0.4 is 10.3 Å². The number of hydrogen-bond acceptors (Lipinski definition) is 5. The Kier molecular flexibility index (Phi) is 7.19. The third-order valence-electron chi connectivity index (χ3n) is 4.83. The number of aliphatic carboxylic acids is 1. The number of carboxylic acids is 1. The van der Waals surface area contributed by atoms with E-state index in [1.165, 1.54) is 0 Å². The van der Waals surface area contributed by atoms with Gasteiger partial charge in [-0.1, -0.05) is 37.6 Å². The summed E-state index contributed by atoms with van der Waals surface area (Å²) in [5, 5.41) is 9.97. The summed E-state index contributed by atoms with van der Waals surface area (Å²) in [5.41, 5.74) is 1.16. The molecule has 30 heavy (non-hydrogen) atoms. The van der Waals surface area contributed by atoms with Gasteiger partial charge in [-0.2, -0.15) is 0 Å². The van der Waals surface area contributed by atoms with Crippen LogP contribution in [-0.2, 0) is 16.1 Å². The molecule has 1 N–H and O–H groups in total. The summed E-state index contributed by atoms with van der Waals surface area (Å²) in [6.45, 7) is 4.87. The number of carbonyl (C=O) groups is 1. The maximum atomic E-state index is 12.7. The van der Waals surface area contributed by atoms with Gasteiger partial charge in [-0.15, -0.1) is 0 Å². The van der Waals surface area contributed by atoms with Crippen LogP contribution in [0.5, 0.6) is 5.75 Å². The van der Waals surface area contributed by atoms with E-state index in [-0.39, 0.29) is 12.2 Å². The highest BCUT2D eigenvalue weighted by Crippen LogP contribution is 2.21. The molecule has 158 valence electrons. The number of benzene rings is 2. The van der Waals surface area contributed by atoms with Crippen LogP contribution in [0.15, 0.2) is 53.3 Å². The predicted octanol–water partition coefficient (Wildman–Crippen LogP) is 3.73. The van der Waals surface area contributed by atoms with Crippen molar-refractivity contribution in [2.75, 3.05) is 13.2 Å². The molecule has 0 aliphatic rings. The maximum Gasteiger partial charge on any atom is 0.337 e. The Bertz CT molecular complexity index is 1060. The van der Waals surface area contributed by atoms with Crippen molar-refractivity contribution >= 4 is 16.9 Å². The minimum atomic E-state index is -1.02. The minimum Gasteiger partial charge on any atom is -0.492 e. The van der Waals surface area contributed by atoms with Crippen LogP contribution in [0.4, 0.5) is 0 Å². The van der Waals surface area contributed by atoms with Gasteiger partial charge in [0.05, 0.1) is 17.4 Å². The van der Waals surface area contributed by atoms with Crippen LogP contribution >= 0.6 is 0 Å². The monoisotopic (exact) mass is 410 g/mol. The Hall–Kier alpha value is -3.19. The molecule has 2 aromatic carbocycles. The number of aromatic nitrogens is 2. The van der Waals surface area contributed by atoms with E-state index in [0.29, 0.717) is 41.2 Å². The van der Waals surface area contributed by atoms with E-state index in [1.807, 2.05) is 25.1 Å². The lowest BCUT2D eigenvalue weighted by molar-refractivity contribution is -0.151. The predicted molar refractivity (Wildman–Crippen MR) is 114 cm³/mol. The normalized spacial score (nSPS) is 12.1. The van der Waals surface area contributed by atoms with E-state index >= 15 is 0 Å². The second-order valence-electron chi connectivity index (χ2n) is 6.99. The molecule has 1 aromatic heterocycles. The summed E-state index contributed by atoms with van der Waals surface area (Å²) < 4.78 is 12.8. The van der Waals surface area contributed by atoms with Crippen molar-refractivity contribution < 1.29 is 19.4 Å². The molecule has 7 heteroatoms. The topological polar surface area (TPSA) is 90.7 Å². The summed E-state index contributed by atoms with van der Waals surface area (Å²) in [5.74, 6) is 0.209. The van der Waals surface area contributed by atoms with Crippen molar-refractivity contribution in [3.63, 3.8) is 0 Å². The van der Waals surface area contributed by atoms with Gasteiger partial charge in [0, 0.05) is 6.61 Å². The first-order valence-electron chi connectivity index (χ1n) is 10.0. The van der Waals surface area contributed by atoms with Gasteiger partial charge >= 0.3 is 5.97 Å². The molecule has 0 saturated carbocycles. The highest BCUT2D eigenvalue weighted by Gasteiger charge is 2.20. The molecular formula is C23H26N2O5. The largest absolute Gasteiger partial charge is 0.492 e. The van der Waals surface area contributed by atoms with E-state index in [1.54, 1.807) is 41.8 Å². The Morgan fingerprint density at radius 2 is 1.87 bits per heavy atom. The summed E-state index contributed by atoms with van der Waals surface area (Å²) in [6.07, 6.45) is 0.762. The van der Waals surface area contributed by atoms with Gasteiger partial charge in [0.2, 0.25) is 0 Å². The third-order valence-corrected chi connectivity index (χ3v) is 4.83. The van der Waals surface area contributed by atoms with E-state index in [2.05, 4.69) is 4.98 Å². The molecule has 1 unspecified atom stereocenters. The smallest absolute Gasteiger partial charge is 0.337 e. The molecule has 1 atom stereocenters. The van der Waals surface area contributed by atoms with Gasteiger partial charge in [-0.3, -0.25) is 9.36 Å². The Morgan fingerprint density at radius 1 is 1.13 bits per heavy atom. The van der Waals surface area contributed by atoms with E-state index in [0.717, 1.165) is 12.8 Å². The highest BCUT2D eigenvalue weighted by atomic mass is 16.5. The van der Waals surface area contributed by atoms with Gasteiger partial charge in [0.25, 0.3) is 5.56 Å². The molecule has 7 nitrogen and oxygen atoms in total. The zero-order valence-corrected chi connectivity index (χ0v) is 17.2. The van der Waals surface area contributed by atoms with Crippen LogP contribution in [0, 0.1) is 6.92 Å². The second kappa shape index (κ2) is 10.0. The number of unbranched alkanes of at least 4 members (excludes halogenated alkanes) is 1. The number of rotatable bonds is 10. The summed E-state index contributed by atoms with van der Waals surface area (Å²) in [4.78, 5) is 28.6. The lowest BCUT2D eigenvalue weighted by Crippen LogP contribution is -2.26. The first kappa shape index (κ1) is 21.5. The van der Waals surface area contributed by atoms with Gasteiger partial charge < -0.3 is 14.6 Å². The molecule has 0 aliphatic heterocycles. The lowest BCUT2D eigenvalue weighted by atomic mass is 10.1. The fraction of sp³-hybridized carbons (Fsp3) is 0.348. The molecular weight excluding hydrogens is 384 g/mol. The highest BCUT2D eigenvalue weighted by molar-refractivity contribution is 5.77. The molecule has 1 heterocycles. The number of fused-ring (bicyclic) bond motifs is 1. The molecule has 0 saturated heterocycles. The molecule has 3 aromatic rings. The van der Waals surface area contributed by atoms with Crippen molar-refractivity contribution in [2.24, 2.45) is 0 Å². The second-order valence-corrected chi connectivity index (χ2v) is 6.99. The molecule has 0 fully saturated rings. The van der Waals surface area contributed by atoms with E-state index in [9.17, 15) is 14.7 Å². The summed E-state index contributed by atoms with van der Waals surface area (Å²) >= 11 is 0. The summed E-state index contributed by atoms with van der Waals surface area (Å²) in [7, 11) is 0. The zero-order chi connectivity index (χ0) is 21.5. The van der Waals surface area contributed by atoms with E-state index in [4.69, 9.17) is 9.47 Å². The Labute approximate surface area is 174 Å². The molecule has 0 aliphatic carbocycles. The van der Waals surface area contributed by atoms with Crippen molar-refractivity contribution in [1.82, 2.24) is 9.55 Å². The van der Waals surface area contributed by atoms with Gasteiger partial charge in [0.15, 0.2) is 6.10 Å². The van der Waals surface area contributed by atoms with Crippen molar-refractivity contribution in [2.45, 2.75) is 39.3 Å². The average Bonchev–Trinajstić information content (AvgIpc) is 2.74. The zero-order valence-electron chi connectivity index (χ0n) is 17.2. The number of carboxylic acid groups (broad SMARTS) is 1.